The van der Waals surface area contributed by atoms with Gasteiger partial charge in [-0.25, -0.2) is 0 Å². The molecule has 0 saturated carbocycles. The number of halogens is 9. The first-order chi connectivity index (χ1) is 9.79. The Hall–Kier alpha value is -1.41. The van der Waals surface area contributed by atoms with Crippen molar-refractivity contribution in [2.24, 2.45) is 0 Å². The molecule has 0 nitrogen and oxygen atoms in total. The summed E-state index contributed by atoms with van der Waals surface area (Å²) in [7, 11) is 0. The fraction of sp³-hybridized carbons (Fsp3) is 0.462. The quantitative estimate of drug-likeness (QED) is 0.616. The first-order valence-corrected chi connectivity index (χ1v) is 5.93. The number of rotatable bonds is 5. The van der Waals surface area contributed by atoms with Crippen LogP contribution in [0.1, 0.15) is 24.5 Å². The van der Waals surface area contributed by atoms with Crippen molar-refractivity contribution in [1.82, 2.24) is 0 Å². The molecule has 1 radical (unpaired) electrons. The Morgan fingerprint density at radius 1 is 0.864 bits per heavy atom. The summed E-state index contributed by atoms with van der Waals surface area (Å²) in [5.74, 6) is -19.2. The van der Waals surface area contributed by atoms with Gasteiger partial charge < -0.3 is 0 Å². The van der Waals surface area contributed by atoms with Crippen molar-refractivity contribution in [3.05, 3.63) is 41.8 Å². The van der Waals surface area contributed by atoms with Crippen molar-refractivity contribution < 1.29 is 39.5 Å². The van der Waals surface area contributed by atoms with Crippen molar-refractivity contribution in [1.29, 1.82) is 0 Å². The highest BCUT2D eigenvalue weighted by Crippen LogP contribution is 2.56. The molecule has 125 valence electrons. The van der Waals surface area contributed by atoms with Crippen LogP contribution in [0.3, 0.4) is 0 Å². The van der Waals surface area contributed by atoms with E-state index in [1.54, 1.807) is 6.92 Å². The van der Waals surface area contributed by atoms with E-state index >= 15 is 0 Å². The van der Waals surface area contributed by atoms with Crippen LogP contribution in [0.5, 0.6) is 0 Å². The lowest BCUT2D eigenvalue weighted by Crippen LogP contribution is -2.59. The van der Waals surface area contributed by atoms with Crippen molar-refractivity contribution in [3.8, 4) is 0 Å². The van der Waals surface area contributed by atoms with E-state index in [2.05, 4.69) is 0 Å². The maximum Gasteiger partial charge on any atom is 0.460 e. The van der Waals surface area contributed by atoms with Crippen molar-refractivity contribution in [2.45, 2.75) is 37.3 Å². The fourth-order valence-corrected chi connectivity index (χ4v) is 1.65. The summed E-state index contributed by atoms with van der Waals surface area (Å²) in [5, 5.41) is 0. The highest BCUT2D eigenvalue weighted by atomic mass is 19.4. The normalized spacial score (nSPS) is 14.3. The molecule has 0 spiro atoms. The lowest BCUT2D eigenvalue weighted by atomic mass is 9.95. The molecule has 0 aliphatic heterocycles. The molecular weight excluding hydrogens is 327 g/mol. The zero-order valence-electron chi connectivity index (χ0n) is 11.0. The molecule has 9 heteroatoms. The molecule has 1 aromatic rings. The van der Waals surface area contributed by atoms with Gasteiger partial charge in [0, 0.05) is 5.56 Å². The standard InChI is InChI=1S/C13H10F9/c1-2-4-8-5-3-6-9(7-8)10(14,15)11(16,17)12(18,19)13(20,21)22/h3-7H,2H2,1H3. The molecule has 0 fully saturated rings. The summed E-state index contributed by atoms with van der Waals surface area (Å²) in [6.45, 7) is 1.59. The Kier molecular flexibility index (Phi) is 4.79. The number of alkyl halides is 9. The van der Waals surface area contributed by atoms with Crippen LogP contribution in [-0.2, 0) is 5.92 Å². The summed E-state index contributed by atoms with van der Waals surface area (Å²) in [6, 6.07) is 2.91. The van der Waals surface area contributed by atoms with Crippen LogP contribution < -0.4 is 0 Å². The topological polar surface area (TPSA) is 0 Å². The zero-order chi connectivity index (χ0) is 17.4. The lowest BCUT2D eigenvalue weighted by molar-refractivity contribution is -0.399. The second-order valence-corrected chi connectivity index (χ2v) is 4.46. The van der Waals surface area contributed by atoms with Gasteiger partial charge in [-0.15, -0.1) is 0 Å². The third-order valence-corrected chi connectivity index (χ3v) is 2.83. The highest BCUT2D eigenvalue weighted by Gasteiger charge is 2.81. The van der Waals surface area contributed by atoms with Crippen LogP contribution in [0.15, 0.2) is 24.3 Å². The summed E-state index contributed by atoms with van der Waals surface area (Å²) in [4.78, 5) is 0. The van der Waals surface area contributed by atoms with Crippen LogP contribution >= 0.6 is 0 Å². The van der Waals surface area contributed by atoms with Crippen LogP contribution in [0.4, 0.5) is 39.5 Å². The van der Waals surface area contributed by atoms with E-state index < -0.39 is 29.5 Å². The number of hydrogen-bond donors (Lipinski definition) is 0. The highest BCUT2D eigenvalue weighted by molar-refractivity contribution is 5.33. The minimum atomic E-state index is -6.88. The molecule has 0 aromatic heterocycles. The van der Waals surface area contributed by atoms with E-state index in [4.69, 9.17) is 0 Å². The maximum atomic E-state index is 13.6. The van der Waals surface area contributed by atoms with Crippen molar-refractivity contribution in [3.63, 3.8) is 0 Å². The molecule has 0 aliphatic carbocycles. The zero-order valence-corrected chi connectivity index (χ0v) is 11.0. The summed E-state index contributed by atoms with van der Waals surface area (Å²) >= 11 is 0. The molecule has 1 aromatic carbocycles. The average molecular weight is 337 g/mol. The van der Waals surface area contributed by atoms with E-state index in [0.717, 1.165) is 6.07 Å². The summed E-state index contributed by atoms with van der Waals surface area (Å²) in [5.41, 5.74) is -1.62. The van der Waals surface area contributed by atoms with Gasteiger partial charge in [-0.3, -0.25) is 0 Å². The first-order valence-electron chi connectivity index (χ1n) is 5.93. The summed E-state index contributed by atoms with van der Waals surface area (Å²) in [6.07, 6.45) is -5.17. The Balaban J connectivity index is 3.35. The van der Waals surface area contributed by atoms with Gasteiger partial charge in [-0.05, 0) is 24.5 Å². The number of hydrogen-bond acceptors (Lipinski definition) is 0. The Morgan fingerprint density at radius 2 is 1.41 bits per heavy atom. The fourth-order valence-electron chi connectivity index (χ4n) is 1.65. The van der Waals surface area contributed by atoms with Gasteiger partial charge in [-0.2, -0.15) is 39.5 Å². The minimum absolute atomic E-state index is 0.00537. The van der Waals surface area contributed by atoms with E-state index in [-0.39, 0.29) is 5.56 Å². The molecule has 22 heavy (non-hydrogen) atoms. The number of benzene rings is 1. The van der Waals surface area contributed by atoms with Gasteiger partial charge in [0.15, 0.2) is 0 Å². The van der Waals surface area contributed by atoms with Gasteiger partial charge in [-0.1, -0.05) is 25.1 Å². The Bertz CT molecular complexity index is 516. The average Bonchev–Trinajstić information content (AvgIpc) is 2.37. The Morgan fingerprint density at radius 3 is 1.86 bits per heavy atom. The molecule has 0 bridgehead atoms. The largest absolute Gasteiger partial charge is 0.460 e. The molecule has 0 saturated heterocycles. The molecular formula is C13H10F9. The third-order valence-electron chi connectivity index (χ3n) is 2.83. The second kappa shape index (κ2) is 5.66. The minimum Gasteiger partial charge on any atom is -0.194 e. The molecule has 0 atom stereocenters. The molecule has 0 unspecified atom stereocenters. The SMILES string of the molecule is CC[CH]c1cccc(C(F)(F)C(F)(F)C(F)(F)C(F)(F)F)c1. The van der Waals surface area contributed by atoms with E-state index in [9.17, 15) is 39.5 Å². The van der Waals surface area contributed by atoms with Crippen LogP contribution in [-0.4, -0.2) is 18.0 Å². The lowest BCUT2D eigenvalue weighted by Gasteiger charge is -2.33. The van der Waals surface area contributed by atoms with Gasteiger partial charge in [0.1, 0.15) is 0 Å². The summed E-state index contributed by atoms with van der Waals surface area (Å²) < 4.78 is 115. The first kappa shape index (κ1) is 18.6. The molecule has 0 aliphatic rings. The maximum absolute atomic E-state index is 13.6. The predicted octanol–water partition coefficient (Wildman–Crippen LogP) is 5.57. The van der Waals surface area contributed by atoms with Crippen LogP contribution in [0, 0.1) is 6.42 Å². The van der Waals surface area contributed by atoms with Crippen molar-refractivity contribution >= 4 is 0 Å². The van der Waals surface area contributed by atoms with Crippen molar-refractivity contribution in [2.75, 3.05) is 0 Å². The van der Waals surface area contributed by atoms with Gasteiger partial charge >= 0.3 is 23.9 Å². The van der Waals surface area contributed by atoms with E-state index in [0.29, 0.717) is 18.6 Å². The van der Waals surface area contributed by atoms with E-state index in [1.165, 1.54) is 12.5 Å². The molecule has 1 rings (SSSR count). The molecule has 0 N–H and O–H groups in total. The Labute approximate surface area is 119 Å². The van der Waals surface area contributed by atoms with Gasteiger partial charge in [0.2, 0.25) is 0 Å². The molecule has 0 heterocycles. The van der Waals surface area contributed by atoms with E-state index in [1.807, 2.05) is 0 Å². The smallest absolute Gasteiger partial charge is 0.194 e. The van der Waals surface area contributed by atoms with Crippen LogP contribution in [0.2, 0.25) is 0 Å². The second-order valence-electron chi connectivity index (χ2n) is 4.46. The van der Waals surface area contributed by atoms with Crippen LogP contribution in [0.25, 0.3) is 0 Å². The monoisotopic (exact) mass is 337 g/mol. The molecule has 0 amide bonds. The predicted molar refractivity (Wildman–Crippen MR) is 60.0 cm³/mol. The third kappa shape index (κ3) is 2.89. The van der Waals surface area contributed by atoms with Gasteiger partial charge in [0.05, 0.1) is 0 Å². The van der Waals surface area contributed by atoms with Gasteiger partial charge in [0.25, 0.3) is 0 Å².